The second kappa shape index (κ2) is 7.34. The zero-order valence-corrected chi connectivity index (χ0v) is 14.8. The van der Waals surface area contributed by atoms with Gasteiger partial charge in [-0.15, -0.1) is 0 Å². The van der Waals surface area contributed by atoms with Crippen LogP contribution in [0.15, 0.2) is 36.4 Å². The Kier molecular flexibility index (Phi) is 4.92. The van der Waals surface area contributed by atoms with Gasteiger partial charge < -0.3 is 10.1 Å². The molecule has 0 saturated carbocycles. The van der Waals surface area contributed by atoms with Crippen LogP contribution in [-0.4, -0.2) is 46.1 Å². The van der Waals surface area contributed by atoms with Gasteiger partial charge in [0.05, 0.1) is 34.3 Å². The molecule has 0 atom stereocenters. The maximum Gasteiger partial charge on any atom is 0.282 e. The van der Waals surface area contributed by atoms with Crippen molar-refractivity contribution in [3.8, 4) is 5.75 Å². The van der Waals surface area contributed by atoms with Crippen LogP contribution in [0.1, 0.15) is 20.7 Å². The minimum atomic E-state index is -0.955. The van der Waals surface area contributed by atoms with Crippen molar-refractivity contribution >= 4 is 34.8 Å². The summed E-state index contributed by atoms with van der Waals surface area (Å²) in [6, 6.07) is 7.11. The summed E-state index contributed by atoms with van der Waals surface area (Å²) in [6.07, 6.45) is 0. The van der Waals surface area contributed by atoms with Crippen molar-refractivity contribution in [2.45, 2.75) is 0 Å². The summed E-state index contributed by atoms with van der Waals surface area (Å²) in [5, 5.41) is 24.3. The van der Waals surface area contributed by atoms with Gasteiger partial charge in [0, 0.05) is 12.1 Å². The van der Waals surface area contributed by atoms with Gasteiger partial charge in [-0.3, -0.25) is 39.5 Å². The lowest BCUT2D eigenvalue weighted by Gasteiger charge is -2.14. The topological polar surface area (TPSA) is 162 Å². The number of imide groups is 1. The summed E-state index contributed by atoms with van der Waals surface area (Å²) in [5.74, 6) is -2.58. The number of non-ortho nitro benzene ring substituents is 1. The van der Waals surface area contributed by atoms with Gasteiger partial charge in [-0.05, 0) is 12.1 Å². The van der Waals surface area contributed by atoms with Gasteiger partial charge in [-0.1, -0.05) is 6.07 Å². The van der Waals surface area contributed by atoms with Gasteiger partial charge in [0.25, 0.3) is 23.2 Å². The highest BCUT2D eigenvalue weighted by molar-refractivity contribution is 6.24. The van der Waals surface area contributed by atoms with Crippen LogP contribution in [0.5, 0.6) is 5.75 Å². The Morgan fingerprint density at radius 3 is 2.45 bits per heavy atom. The Bertz CT molecular complexity index is 1080. The highest BCUT2D eigenvalue weighted by Crippen LogP contribution is 2.31. The molecule has 1 aliphatic heterocycles. The van der Waals surface area contributed by atoms with E-state index >= 15 is 0 Å². The molecule has 1 aliphatic rings. The molecule has 0 aromatic heterocycles. The number of carbonyl (C=O) groups excluding carboxylic acids is 3. The Labute approximate surface area is 162 Å². The van der Waals surface area contributed by atoms with E-state index in [1.54, 1.807) is 0 Å². The van der Waals surface area contributed by atoms with Crippen LogP contribution in [0.25, 0.3) is 0 Å². The van der Waals surface area contributed by atoms with E-state index in [2.05, 4.69) is 5.32 Å². The monoisotopic (exact) mass is 400 g/mol. The number of anilines is 1. The number of amides is 3. The minimum Gasteiger partial charge on any atom is -0.494 e. The minimum absolute atomic E-state index is 0.00514. The third-order valence-corrected chi connectivity index (χ3v) is 4.15. The maximum absolute atomic E-state index is 12.5. The number of methoxy groups -OCH3 is 1. The number of hydrogen-bond acceptors (Lipinski definition) is 8. The number of nitrogens with one attached hydrogen (secondary N) is 1. The van der Waals surface area contributed by atoms with Crippen LogP contribution in [0.4, 0.5) is 17.1 Å². The normalized spacial score (nSPS) is 12.5. The fourth-order valence-corrected chi connectivity index (χ4v) is 2.84. The van der Waals surface area contributed by atoms with Gasteiger partial charge in [-0.2, -0.15) is 0 Å². The number of hydrogen-bond donors (Lipinski definition) is 1. The van der Waals surface area contributed by atoms with Gasteiger partial charge in [0.2, 0.25) is 5.91 Å². The molecular formula is C17H12N4O8. The Morgan fingerprint density at radius 2 is 1.83 bits per heavy atom. The number of nitrogens with zero attached hydrogens (tertiary/aromatic N) is 3. The van der Waals surface area contributed by atoms with E-state index in [1.165, 1.54) is 25.3 Å². The van der Waals surface area contributed by atoms with E-state index in [4.69, 9.17) is 4.74 Å². The fourth-order valence-electron chi connectivity index (χ4n) is 2.84. The van der Waals surface area contributed by atoms with E-state index in [1.807, 2.05) is 0 Å². The lowest BCUT2D eigenvalue weighted by atomic mass is 10.1. The number of rotatable bonds is 6. The molecule has 3 rings (SSSR count). The van der Waals surface area contributed by atoms with Gasteiger partial charge >= 0.3 is 0 Å². The summed E-state index contributed by atoms with van der Waals surface area (Å²) >= 11 is 0. The van der Waals surface area contributed by atoms with Gasteiger partial charge in [-0.25, -0.2) is 0 Å². The van der Waals surface area contributed by atoms with Crippen molar-refractivity contribution in [2.24, 2.45) is 0 Å². The lowest BCUT2D eigenvalue weighted by molar-refractivity contribution is -0.385. The molecule has 0 aliphatic carbocycles. The van der Waals surface area contributed by atoms with Gasteiger partial charge in [0.1, 0.15) is 17.9 Å². The standard InChI is InChI=1S/C17H12N4O8/c1-29-13-7-9(20(25)26)5-6-11(13)18-14(22)8-19-16(23)10-3-2-4-12(21(27)28)15(10)17(19)24/h2-7H,8H2,1H3,(H,18,22). The van der Waals surface area contributed by atoms with Crippen molar-refractivity contribution < 1.29 is 29.0 Å². The molecule has 0 radical (unpaired) electrons. The second-order valence-corrected chi connectivity index (χ2v) is 5.84. The molecule has 0 bridgehead atoms. The molecule has 0 spiro atoms. The molecular weight excluding hydrogens is 388 g/mol. The molecule has 2 aromatic rings. The van der Waals surface area contributed by atoms with Crippen molar-refractivity contribution in [1.82, 2.24) is 4.90 Å². The van der Waals surface area contributed by atoms with Crippen LogP contribution >= 0.6 is 0 Å². The van der Waals surface area contributed by atoms with Crippen molar-refractivity contribution in [3.63, 3.8) is 0 Å². The van der Waals surface area contributed by atoms with E-state index in [9.17, 15) is 34.6 Å². The number of benzene rings is 2. The van der Waals surface area contributed by atoms with Crippen LogP contribution in [0.2, 0.25) is 0 Å². The van der Waals surface area contributed by atoms with E-state index in [0.717, 1.165) is 18.2 Å². The third kappa shape index (κ3) is 3.45. The molecule has 0 saturated heterocycles. The molecule has 12 heteroatoms. The predicted octanol–water partition coefficient (Wildman–Crippen LogP) is 1.75. The lowest BCUT2D eigenvalue weighted by Crippen LogP contribution is -2.37. The Balaban J connectivity index is 1.81. The summed E-state index contributed by atoms with van der Waals surface area (Å²) in [5.41, 5.74) is -1.23. The Hall–Kier alpha value is -4.35. The molecule has 1 N–H and O–H groups in total. The average Bonchev–Trinajstić information content (AvgIpc) is 2.93. The van der Waals surface area contributed by atoms with Crippen LogP contribution < -0.4 is 10.1 Å². The largest absolute Gasteiger partial charge is 0.494 e. The maximum atomic E-state index is 12.5. The van der Waals surface area contributed by atoms with Crippen molar-refractivity contribution in [3.05, 3.63) is 67.8 Å². The molecule has 1 heterocycles. The average molecular weight is 400 g/mol. The molecule has 2 aromatic carbocycles. The number of nitro groups is 2. The second-order valence-electron chi connectivity index (χ2n) is 5.84. The molecule has 29 heavy (non-hydrogen) atoms. The predicted molar refractivity (Wildman–Crippen MR) is 96.7 cm³/mol. The summed E-state index contributed by atoms with van der Waals surface area (Å²) < 4.78 is 5.00. The molecule has 3 amide bonds. The fraction of sp³-hybridized carbons (Fsp3) is 0.118. The van der Waals surface area contributed by atoms with Crippen LogP contribution in [0.3, 0.4) is 0 Å². The van der Waals surface area contributed by atoms with Crippen molar-refractivity contribution in [2.75, 3.05) is 19.0 Å². The summed E-state index contributed by atoms with van der Waals surface area (Å²) in [6.45, 7) is -0.705. The highest BCUT2D eigenvalue weighted by Gasteiger charge is 2.41. The van der Waals surface area contributed by atoms with E-state index in [0.29, 0.717) is 4.90 Å². The zero-order valence-electron chi connectivity index (χ0n) is 14.8. The molecule has 0 unspecified atom stereocenters. The number of carbonyl (C=O) groups is 3. The van der Waals surface area contributed by atoms with E-state index < -0.39 is 39.8 Å². The van der Waals surface area contributed by atoms with E-state index in [-0.39, 0.29) is 28.3 Å². The Morgan fingerprint density at radius 1 is 1.10 bits per heavy atom. The highest BCUT2D eigenvalue weighted by atomic mass is 16.6. The summed E-state index contributed by atoms with van der Waals surface area (Å²) in [4.78, 5) is 58.3. The van der Waals surface area contributed by atoms with Crippen LogP contribution in [0, 0.1) is 20.2 Å². The number of nitro benzene ring substituents is 2. The third-order valence-electron chi connectivity index (χ3n) is 4.15. The van der Waals surface area contributed by atoms with Crippen molar-refractivity contribution in [1.29, 1.82) is 0 Å². The zero-order chi connectivity index (χ0) is 21.3. The summed E-state index contributed by atoms with van der Waals surface area (Å²) in [7, 11) is 1.25. The first-order valence-electron chi connectivity index (χ1n) is 8.00. The van der Waals surface area contributed by atoms with Crippen LogP contribution in [-0.2, 0) is 4.79 Å². The molecule has 0 fully saturated rings. The molecule has 148 valence electrons. The molecule has 12 nitrogen and oxygen atoms in total. The first kappa shape index (κ1) is 19.4. The first-order valence-corrected chi connectivity index (χ1v) is 8.00. The number of ether oxygens (including phenoxy) is 1. The smallest absolute Gasteiger partial charge is 0.282 e. The SMILES string of the molecule is COc1cc([N+](=O)[O-])ccc1NC(=O)CN1C(=O)c2cccc([N+](=O)[O-])c2C1=O. The quantitative estimate of drug-likeness (QED) is 0.435. The number of fused-ring (bicyclic) bond motifs is 1. The van der Waals surface area contributed by atoms with Gasteiger partial charge in [0.15, 0.2) is 0 Å². The first-order chi connectivity index (χ1) is 13.7.